The number of nitrogens with two attached hydrogens (primary N) is 1. The van der Waals surface area contributed by atoms with Gasteiger partial charge in [-0.25, -0.2) is 0 Å². The van der Waals surface area contributed by atoms with E-state index in [0.717, 1.165) is 5.69 Å². The Morgan fingerprint density at radius 3 is 2.80 bits per heavy atom. The molecule has 0 spiro atoms. The van der Waals surface area contributed by atoms with Crippen LogP contribution >= 0.6 is 11.6 Å². The predicted octanol–water partition coefficient (Wildman–Crippen LogP) is 2.58. The van der Waals surface area contributed by atoms with Crippen LogP contribution in [0.25, 0.3) is 5.69 Å². The van der Waals surface area contributed by atoms with E-state index in [-0.39, 0.29) is 0 Å². The second-order valence-electron chi connectivity index (χ2n) is 3.09. The first kappa shape index (κ1) is 9.63. The van der Waals surface area contributed by atoms with Crippen molar-refractivity contribution in [3.05, 3.63) is 47.2 Å². The number of nitrogen functional groups attached to an aromatic ring is 1. The minimum absolute atomic E-state index is 0.530. The van der Waals surface area contributed by atoms with Crippen molar-refractivity contribution >= 4 is 17.3 Å². The van der Waals surface area contributed by atoms with Crippen molar-refractivity contribution in [2.24, 2.45) is 0 Å². The molecule has 15 heavy (non-hydrogen) atoms. The van der Waals surface area contributed by atoms with Crippen LogP contribution in [-0.4, -0.2) is 4.57 Å². The zero-order chi connectivity index (χ0) is 10.8. The maximum Gasteiger partial charge on any atom is 0.124 e. The Labute approximate surface area is 92.3 Å². The molecule has 0 unspecified atom stereocenters. The number of nitrogens with zero attached hydrogens (tertiary/aromatic N) is 2. The first-order valence-corrected chi connectivity index (χ1v) is 4.73. The summed E-state index contributed by atoms with van der Waals surface area (Å²) in [6.07, 6.45) is 1.79. The van der Waals surface area contributed by atoms with Gasteiger partial charge in [-0.15, -0.1) is 0 Å². The number of anilines is 1. The van der Waals surface area contributed by atoms with Crippen molar-refractivity contribution in [1.82, 2.24) is 4.57 Å². The molecule has 0 atom stereocenters. The van der Waals surface area contributed by atoms with E-state index in [2.05, 4.69) is 6.07 Å². The van der Waals surface area contributed by atoms with Gasteiger partial charge < -0.3 is 10.3 Å². The van der Waals surface area contributed by atoms with E-state index in [1.54, 1.807) is 41.1 Å². The monoisotopic (exact) mass is 217 g/mol. The summed E-state index contributed by atoms with van der Waals surface area (Å²) in [5.41, 5.74) is 7.50. The molecule has 1 heterocycles. The van der Waals surface area contributed by atoms with E-state index in [1.165, 1.54) is 0 Å². The number of aromatic nitrogens is 1. The Morgan fingerprint density at radius 2 is 2.13 bits per heavy atom. The molecule has 3 nitrogen and oxygen atoms in total. The van der Waals surface area contributed by atoms with E-state index in [4.69, 9.17) is 22.6 Å². The molecule has 2 aromatic rings. The van der Waals surface area contributed by atoms with Crippen LogP contribution < -0.4 is 5.73 Å². The highest BCUT2D eigenvalue weighted by Crippen LogP contribution is 2.24. The Morgan fingerprint density at radius 1 is 1.33 bits per heavy atom. The first-order chi connectivity index (χ1) is 7.22. The van der Waals surface area contributed by atoms with Gasteiger partial charge in [0.1, 0.15) is 11.8 Å². The maximum atomic E-state index is 8.88. The second kappa shape index (κ2) is 3.68. The molecular formula is C11H8ClN3. The Bertz CT molecular complexity index is 537. The fourth-order valence-corrected chi connectivity index (χ4v) is 1.68. The molecule has 1 aromatic carbocycles. The van der Waals surface area contributed by atoms with Gasteiger partial charge in [0.2, 0.25) is 0 Å². The summed E-state index contributed by atoms with van der Waals surface area (Å²) in [5, 5.41) is 9.41. The summed E-state index contributed by atoms with van der Waals surface area (Å²) in [5.74, 6) is 0. The third kappa shape index (κ3) is 1.67. The first-order valence-electron chi connectivity index (χ1n) is 4.35. The van der Waals surface area contributed by atoms with Crippen LogP contribution in [0.4, 0.5) is 5.69 Å². The number of nitriles is 1. The molecule has 1 aromatic heterocycles. The third-order valence-corrected chi connectivity index (χ3v) is 2.40. The van der Waals surface area contributed by atoms with Gasteiger partial charge in [-0.2, -0.15) is 5.26 Å². The van der Waals surface area contributed by atoms with Crippen molar-refractivity contribution in [2.45, 2.75) is 0 Å². The fraction of sp³-hybridized carbons (Fsp3) is 0. The number of hydrogen-bond donors (Lipinski definition) is 1. The highest BCUT2D eigenvalue weighted by Gasteiger charge is 2.06. The fourth-order valence-electron chi connectivity index (χ4n) is 1.40. The van der Waals surface area contributed by atoms with Crippen LogP contribution in [0.3, 0.4) is 0 Å². The molecule has 0 saturated heterocycles. The Hall–Kier alpha value is -1.92. The average Bonchev–Trinajstić information content (AvgIpc) is 2.65. The minimum atomic E-state index is 0.530. The summed E-state index contributed by atoms with van der Waals surface area (Å²) in [7, 11) is 0. The summed E-state index contributed by atoms with van der Waals surface area (Å²) in [6, 6.07) is 10.8. The molecule has 74 valence electrons. The van der Waals surface area contributed by atoms with Gasteiger partial charge in [0, 0.05) is 11.9 Å². The van der Waals surface area contributed by atoms with E-state index >= 15 is 0 Å². The lowest BCUT2D eigenvalue weighted by Gasteiger charge is -2.07. The average molecular weight is 218 g/mol. The molecule has 2 N–H and O–H groups in total. The second-order valence-corrected chi connectivity index (χ2v) is 3.49. The lowest BCUT2D eigenvalue weighted by molar-refractivity contribution is 1.05. The smallest absolute Gasteiger partial charge is 0.124 e. The van der Waals surface area contributed by atoms with Gasteiger partial charge >= 0.3 is 0 Å². The lowest BCUT2D eigenvalue weighted by atomic mass is 10.3. The number of halogens is 1. The van der Waals surface area contributed by atoms with Crippen molar-refractivity contribution in [3.8, 4) is 11.8 Å². The van der Waals surface area contributed by atoms with E-state index in [0.29, 0.717) is 16.4 Å². The Balaban J connectivity index is 2.60. The summed E-state index contributed by atoms with van der Waals surface area (Å²) >= 11 is 6.04. The van der Waals surface area contributed by atoms with Crippen LogP contribution in [0.2, 0.25) is 5.02 Å². The van der Waals surface area contributed by atoms with Crippen LogP contribution in [0, 0.1) is 11.3 Å². The molecule has 0 fully saturated rings. The summed E-state index contributed by atoms with van der Waals surface area (Å²) in [6.45, 7) is 0. The molecular weight excluding hydrogens is 210 g/mol. The highest BCUT2D eigenvalue weighted by molar-refractivity contribution is 6.32. The standard InChI is InChI=1S/C11H8ClN3/c12-10-6-8(14)3-4-11(10)15-5-1-2-9(15)7-13/h1-6H,14H2. The highest BCUT2D eigenvalue weighted by atomic mass is 35.5. The number of benzene rings is 1. The van der Waals surface area contributed by atoms with E-state index in [9.17, 15) is 0 Å². The molecule has 0 aliphatic heterocycles. The minimum Gasteiger partial charge on any atom is -0.399 e. The largest absolute Gasteiger partial charge is 0.399 e. The van der Waals surface area contributed by atoms with E-state index < -0.39 is 0 Å². The van der Waals surface area contributed by atoms with Crippen LogP contribution in [-0.2, 0) is 0 Å². The van der Waals surface area contributed by atoms with Crippen molar-refractivity contribution < 1.29 is 0 Å². The number of hydrogen-bond acceptors (Lipinski definition) is 2. The molecule has 0 aliphatic rings. The third-order valence-electron chi connectivity index (χ3n) is 2.09. The molecule has 0 amide bonds. The van der Waals surface area contributed by atoms with Gasteiger partial charge in [-0.05, 0) is 30.3 Å². The summed E-state index contributed by atoms with van der Waals surface area (Å²) in [4.78, 5) is 0. The van der Waals surface area contributed by atoms with Crippen molar-refractivity contribution in [1.29, 1.82) is 5.26 Å². The van der Waals surface area contributed by atoms with E-state index in [1.807, 2.05) is 0 Å². The predicted molar refractivity (Wildman–Crippen MR) is 59.9 cm³/mol. The zero-order valence-electron chi connectivity index (χ0n) is 7.81. The maximum absolute atomic E-state index is 8.88. The van der Waals surface area contributed by atoms with Crippen LogP contribution in [0.5, 0.6) is 0 Å². The van der Waals surface area contributed by atoms with Gasteiger partial charge in [-0.3, -0.25) is 0 Å². The molecule has 0 radical (unpaired) electrons. The van der Waals surface area contributed by atoms with Crippen molar-refractivity contribution in [2.75, 3.05) is 5.73 Å². The zero-order valence-corrected chi connectivity index (χ0v) is 8.57. The van der Waals surface area contributed by atoms with Crippen LogP contribution in [0.15, 0.2) is 36.5 Å². The topological polar surface area (TPSA) is 54.7 Å². The summed E-state index contributed by atoms with van der Waals surface area (Å²) < 4.78 is 1.72. The quantitative estimate of drug-likeness (QED) is 0.747. The van der Waals surface area contributed by atoms with Crippen molar-refractivity contribution in [3.63, 3.8) is 0 Å². The van der Waals surface area contributed by atoms with Gasteiger partial charge in [0.25, 0.3) is 0 Å². The molecule has 0 aliphatic carbocycles. The van der Waals surface area contributed by atoms with Crippen LogP contribution in [0.1, 0.15) is 5.69 Å². The van der Waals surface area contributed by atoms with Gasteiger partial charge in [-0.1, -0.05) is 11.6 Å². The SMILES string of the molecule is N#Cc1cccn1-c1ccc(N)cc1Cl. The Kier molecular flexibility index (Phi) is 2.36. The number of rotatable bonds is 1. The lowest BCUT2D eigenvalue weighted by Crippen LogP contribution is -1.97. The van der Waals surface area contributed by atoms with Gasteiger partial charge in [0.15, 0.2) is 0 Å². The normalized spacial score (nSPS) is 9.87. The molecule has 4 heteroatoms. The molecule has 0 saturated carbocycles. The van der Waals surface area contributed by atoms with Gasteiger partial charge in [0.05, 0.1) is 10.7 Å². The molecule has 2 rings (SSSR count). The molecule has 0 bridgehead atoms.